The number of nitrogens with zero attached hydrogens (tertiary/aromatic N) is 5. The summed E-state index contributed by atoms with van der Waals surface area (Å²) in [6.45, 7) is 7.48. The number of carboxylic acid groups (broad SMARTS) is 2. The molecule has 0 radical (unpaired) electrons. The monoisotopic (exact) mass is 901 g/mol. The minimum absolute atomic E-state index is 0.0132. The number of nitrogens with two attached hydrogens (primary N) is 1. The number of aromatic hydroxyl groups is 2. The zero-order valence-corrected chi connectivity index (χ0v) is 35.8. The number of anilines is 1. The molecule has 2 bridgehead atoms. The van der Waals surface area contributed by atoms with Gasteiger partial charge in [-0.15, -0.1) is 23.1 Å². The number of oxime groups is 1. The Kier molecular flexibility index (Phi) is 10.7. The number of aliphatic carboxylic acids is 2. The number of carboxylic acids is 2. The molecule has 19 nitrogen and oxygen atoms in total. The number of fused-ring (bicyclic) bond motifs is 5. The van der Waals surface area contributed by atoms with Crippen LogP contribution in [0.2, 0.25) is 5.02 Å². The number of piperidine rings is 3. The van der Waals surface area contributed by atoms with Crippen molar-refractivity contribution >= 4 is 86.1 Å². The van der Waals surface area contributed by atoms with Gasteiger partial charge in [0.25, 0.3) is 11.8 Å². The lowest BCUT2D eigenvalue weighted by Crippen LogP contribution is -2.78. The van der Waals surface area contributed by atoms with Crippen LogP contribution in [0.3, 0.4) is 0 Å². The molecule has 5 atom stereocenters. The van der Waals surface area contributed by atoms with E-state index >= 15 is 0 Å². The van der Waals surface area contributed by atoms with Crippen LogP contribution >= 0.6 is 34.7 Å². The Labute approximate surface area is 361 Å². The summed E-state index contributed by atoms with van der Waals surface area (Å²) in [4.78, 5) is 89.8. The minimum Gasteiger partial charge on any atom is -0.504 e. The number of carbonyl (C=O) groups excluding carboxylic acids is 3. The van der Waals surface area contributed by atoms with Crippen LogP contribution < -0.4 is 21.8 Å². The number of hydrogen-bond donors (Lipinski definition) is 7. The Hall–Kier alpha value is -5.12. The van der Waals surface area contributed by atoms with Crippen LogP contribution in [0, 0.1) is 11.3 Å². The SMILES string of the molecule is C[C@@H]1S[C@@H]2[C@H](NC(=O)/C(=N\OC(C)(C)C(=O)O)c3csc(N)n3)C(=O)N2C(C(=O)O)C1C[N+]12CCC(CNC(=O)c3cn(C4CC4)c4cc(O)c(O)c(Cl)c4c3=O)(CC1)CC2. The normalized spacial score (nSPS) is 28.5. The molecule has 6 aliphatic rings. The number of thiazole rings is 1. The smallest absolute Gasteiger partial charge is 0.350 e. The van der Waals surface area contributed by atoms with E-state index < -0.39 is 81.3 Å². The van der Waals surface area contributed by atoms with Crippen molar-refractivity contribution in [3.8, 4) is 11.5 Å². The maximum absolute atomic E-state index is 13.7. The highest BCUT2D eigenvalue weighted by molar-refractivity contribution is 8.00. The number of aromatic nitrogens is 2. The standard InChI is InChI=1S/C39H45ClN8O11S2/c1-17-20(28(35(55)56)47-33(54)27(34(47)61-17)44-32(53)26(21-15-60-37(41)43-21)45-59-38(2,3)36(57)58)14-48-9-6-39(7-10-48,8-11-48)16-42-31(52)19-13-46(18-4-5-18)22-12-23(49)30(51)25(40)24(22)29(19)50/h12-13,15,17-18,20,27-28,34H,4-11,14,16H2,1-3H3,(H7-,41,42,43,44,45,49,50,51,52,53,55,56,57,58)/p+1/t17-,20?,27+,28?,34+,39?,48?/m0/s1. The number of amides is 3. The zero-order valence-electron chi connectivity index (χ0n) is 33.4. The Morgan fingerprint density at radius 3 is 2.39 bits per heavy atom. The van der Waals surface area contributed by atoms with E-state index in [2.05, 4.69) is 20.8 Å². The number of hydrogen-bond acceptors (Lipinski definition) is 14. The first-order valence-electron chi connectivity index (χ1n) is 19.9. The van der Waals surface area contributed by atoms with E-state index in [1.165, 1.54) is 48.2 Å². The third-order valence-electron chi connectivity index (χ3n) is 13.1. The van der Waals surface area contributed by atoms with Crippen molar-refractivity contribution in [3.63, 3.8) is 0 Å². The van der Waals surface area contributed by atoms with Crippen molar-refractivity contribution in [2.24, 2.45) is 16.5 Å². The molecule has 0 spiro atoms. The molecular weight excluding hydrogens is 856 g/mol. The van der Waals surface area contributed by atoms with Crippen molar-refractivity contribution in [1.29, 1.82) is 0 Å². The third kappa shape index (κ3) is 7.52. The summed E-state index contributed by atoms with van der Waals surface area (Å²) in [6, 6.07) is -0.917. The van der Waals surface area contributed by atoms with Crippen LogP contribution in [0.1, 0.15) is 75.0 Å². The largest absolute Gasteiger partial charge is 0.504 e. The van der Waals surface area contributed by atoms with Gasteiger partial charge in [-0.2, -0.15) is 0 Å². The molecule has 5 aliphatic heterocycles. The fraction of sp³-hybridized carbons (Fsp3) is 0.538. The van der Waals surface area contributed by atoms with E-state index in [0.29, 0.717) is 23.1 Å². The molecule has 6 fully saturated rings. The van der Waals surface area contributed by atoms with Crippen molar-refractivity contribution in [2.75, 3.05) is 38.5 Å². The molecule has 3 aromatic rings. The first-order chi connectivity index (χ1) is 28.7. The molecule has 2 aromatic heterocycles. The van der Waals surface area contributed by atoms with Gasteiger partial charge in [0.05, 0.1) is 48.0 Å². The molecular formula is C39H46ClN8O11S2+. The van der Waals surface area contributed by atoms with Gasteiger partial charge in [-0.1, -0.05) is 23.7 Å². The van der Waals surface area contributed by atoms with Crippen molar-refractivity contribution < 1.29 is 53.7 Å². The minimum atomic E-state index is -1.79. The van der Waals surface area contributed by atoms with Crippen molar-refractivity contribution in [3.05, 3.63) is 44.1 Å². The van der Waals surface area contributed by atoms with Crippen LogP contribution in [-0.4, -0.2) is 136 Å². The maximum Gasteiger partial charge on any atom is 0.350 e. The summed E-state index contributed by atoms with van der Waals surface area (Å²) in [7, 11) is 0. The van der Waals surface area contributed by atoms with Gasteiger partial charge in [-0.05, 0) is 26.7 Å². The number of rotatable bonds is 13. The fourth-order valence-corrected chi connectivity index (χ4v) is 11.5. The highest BCUT2D eigenvalue weighted by Gasteiger charge is 2.62. The molecule has 326 valence electrons. The van der Waals surface area contributed by atoms with E-state index in [1.807, 2.05) is 6.92 Å². The van der Waals surface area contributed by atoms with Gasteiger partial charge in [0.15, 0.2) is 22.3 Å². The van der Waals surface area contributed by atoms with Gasteiger partial charge < -0.3 is 55.6 Å². The number of nitrogens with one attached hydrogen (secondary N) is 2. The summed E-state index contributed by atoms with van der Waals surface area (Å²) in [6.07, 6.45) is 5.42. The van der Waals surface area contributed by atoms with Crippen LogP contribution in [0.25, 0.3) is 10.9 Å². The van der Waals surface area contributed by atoms with Crippen LogP contribution in [0.5, 0.6) is 11.5 Å². The number of phenols is 2. The van der Waals surface area contributed by atoms with Gasteiger partial charge in [0.2, 0.25) is 16.9 Å². The van der Waals surface area contributed by atoms with Crippen LogP contribution in [-0.2, 0) is 24.0 Å². The number of phenolic OH excluding ortho intramolecular Hbond substituents is 2. The van der Waals surface area contributed by atoms with Gasteiger partial charge >= 0.3 is 11.9 Å². The lowest BCUT2D eigenvalue weighted by atomic mass is 9.70. The number of halogens is 1. The molecule has 9 rings (SSSR count). The average molecular weight is 902 g/mol. The van der Waals surface area contributed by atoms with E-state index in [1.54, 1.807) is 4.57 Å². The quantitative estimate of drug-likeness (QED) is 0.0427. The van der Waals surface area contributed by atoms with Crippen LogP contribution in [0.4, 0.5) is 5.13 Å². The van der Waals surface area contributed by atoms with Gasteiger partial charge in [-0.3, -0.25) is 19.2 Å². The Morgan fingerprint density at radius 2 is 1.80 bits per heavy atom. The number of carbonyl (C=O) groups is 5. The van der Waals surface area contributed by atoms with E-state index in [0.717, 1.165) is 63.1 Å². The summed E-state index contributed by atoms with van der Waals surface area (Å²) < 4.78 is 2.43. The second-order valence-electron chi connectivity index (χ2n) is 17.4. The number of thioether (sulfide) groups is 1. The number of quaternary nitrogens is 1. The van der Waals surface area contributed by atoms with Crippen LogP contribution in [0.15, 0.2) is 27.6 Å². The predicted octanol–water partition coefficient (Wildman–Crippen LogP) is 2.31. The molecule has 1 aliphatic carbocycles. The van der Waals surface area contributed by atoms with Crippen molar-refractivity contribution in [1.82, 2.24) is 25.1 Å². The first-order valence-corrected chi connectivity index (χ1v) is 22.1. The molecule has 7 heterocycles. The topological polar surface area (TPSA) is 276 Å². The second kappa shape index (κ2) is 15.3. The second-order valence-corrected chi connectivity index (χ2v) is 20.1. The molecule has 2 unspecified atom stereocenters. The van der Waals surface area contributed by atoms with Gasteiger partial charge in [0.1, 0.15) is 28.7 Å². The molecule has 61 heavy (non-hydrogen) atoms. The van der Waals surface area contributed by atoms with E-state index in [9.17, 15) is 49.2 Å². The lowest BCUT2D eigenvalue weighted by Gasteiger charge is -2.59. The Bertz CT molecular complexity index is 2450. The maximum atomic E-state index is 13.7. The third-order valence-corrected chi connectivity index (χ3v) is 15.7. The molecule has 5 saturated heterocycles. The first kappa shape index (κ1) is 42.6. The molecule has 3 amide bonds. The molecule has 1 aromatic carbocycles. The van der Waals surface area contributed by atoms with Gasteiger partial charge in [0, 0.05) is 60.2 Å². The zero-order chi connectivity index (χ0) is 43.9. The summed E-state index contributed by atoms with van der Waals surface area (Å²) in [5, 5.41) is 50.3. The highest BCUT2D eigenvalue weighted by atomic mass is 35.5. The summed E-state index contributed by atoms with van der Waals surface area (Å²) in [5.74, 6) is -5.96. The Morgan fingerprint density at radius 1 is 1.13 bits per heavy atom. The van der Waals surface area contributed by atoms with Gasteiger partial charge in [-0.25, -0.2) is 14.6 Å². The predicted molar refractivity (Wildman–Crippen MR) is 224 cm³/mol. The van der Waals surface area contributed by atoms with Crippen molar-refractivity contribution in [2.45, 2.75) is 87.2 Å². The Balaban J connectivity index is 0.923. The number of nitrogen functional groups attached to an aromatic ring is 1. The summed E-state index contributed by atoms with van der Waals surface area (Å²) >= 11 is 8.76. The van der Waals surface area contributed by atoms with E-state index in [-0.39, 0.29) is 43.5 Å². The molecule has 1 saturated carbocycles. The number of benzene rings is 1. The summed E-state index contributed by atoms with van der Waals surface area (Å²) in [5.41, 5.74) is 2.98. The fourth-order valence-electron chi connectivity index (χ4n) is 9.14. The average Bonchev–Trinajstić information content (AvgIpc) is 3.98. The van der Waals surface area contributed by atoms with E-state index in [4.69, 9.17) is 22.2 Å². The molecule has 8 N–H and O–H groups in total. The number of β-lactam (4-membered cyclic amide) rings is 1. The molecule has 22 heteroatoms. The lowest BCUT2D eigenvalue weighted by molar-refractivity contribution is -0.948. The highest BCUT2D eigenvalue weighted by Crippen LogP contribution is 2.49. The number of pyridine rings is 1.